The molecule has 1 aliphatic rings. The first-order valence-electron chi connectivity index (χ1n) is 7.17. The molecule has 0 bridgehead atoms. The Kier molecular flexibility index (Phi) is 3.89. The van der Waals surface area contributed by atoms with Gasteiger partial charge in [-0.15, -0.1) is 0 Å². The fourth-order valence-electron chi connectivity index (χ4n) is 2.27. The number of amides is 1. The summed E-state index contributed by atoms with van der Waals surface area (Å²) in [4.78, 5) is 24.8. The van der Waals surface area contributed by atoms with Gasteiger partial charge < -0.3 is 19.8 Å². The van der Waals surface area contributed by atoms with Crippen molar-refractivity contribution in [1.82, 2.24) is 4.90 Å². The molecule has 2 aromatic rings. The maximum atomic E-state index is 12.0. The summed E-state index contributed by atoms with van der Waals surface area (Å²) in [5.74, 6) is -0.685. The average molecular weight is 313 g/mol. The number of carbonyl (C=O) groups is 2. The van der Waals surface area contributed by atoms with Crippen LogP contribution in [0.15, 0.2) is 42.5 Å². The number of ether oxygens (including phenoxy) is 1. The number of rotatable bonds is 4. The average Bonchev–Trinajstić information content (AvgIpc) is 2.45. The topological polar surface area (TPSA) is 87.1 Å². The normalized spacial score (nSPS) is 13.3. The second kappa shape index (κ2) is 6.00. The van der Waals surface area contributed by atoms with Gasteiger partial charge in [0.05, 0.1) is 5.56 Å². The number of carbonyl (C=O) groups excluding carboxylic acids is 1. The van der Waals surface area contributed by atoms with E-state index in [0.29, 0.717) is 11.3 Å². The van der Waals surface area contributed by atoms with Crippen LogP contribution in [0.25, 0.3) is 0 Å². The van der Waals surface area contributed by atoms with Gasteiger partial charge in [-0.25, -0.2) is 4.79 Å². The lowest BCUT2D eigenvalue weighted by Gasteiger charge is -2.30. The maximum absolute atomic E-state index is 12.0. The molecule has 0 radical (unpaired) electrons. The number of benzene rings is 2. The number of hydrogen-bond acceptors (Lipinski definition) is 4. The van der Waals surface area contributed by atoms with Gasteiger partial charge in [0.2, 0.25) is 0 Å². The van der Waals surface area contributed by atoms with Gasteiger partial charge in [0.25, 0.3) is 5.91 Å². The Labute approximate surface area is 132 Å². The fraction of sp³-hybridized carbons (Fsp3) is 0.176. The van der Waals surface area contributed by atoms with Crippen LogP contribution in [-0.4, -0.2) is 40.1 Å². The van der Waals surface area contributed by atoms with E-state index in [2.05, 4.69) is 0 Å². The number of carboxylic acids is 1. The highest BCUT2D eigenvalue weighted by Crippen LogP contribution is 2.27. The van der Waals surface area contributed by atoms with E-state index in [-0.39, 0.29) is 23.0 Å². The van der Waals surface area contributed by atoms with Crippen molar-refractivity contribution in [3.8, 4) is 17.2 Å². The Hall–Kier alpha value is -3.02. The minimum atomic E-state index is -1.15. The summed E-state index contributed by atoms with van der Waals surface area (Å²) in [6.07, 6.45) is 1.04. The van der Waals surface area contributed by atoms with Gasteiger partial charge in [0, 0.05) is 24.7 Å². The van der Waals surface area contributed by atoms with Crippen LogP contribution in [0, 0.1) is 0 Å². The van der Waals surface area contributed by atoms with Gasteiger partial charge >= 0.3 is 5.97 Å². The molecule has 6 nitrogen and oxygen atoms in total. The highest BCUT2D eigenvalue weighted by Gasteiger charge is 2.21. The molecule has 1 heterocycles. The van der Waals surface area contributed by atoms with E-state index >= 15 is 0 Å². The first kappa shape index (κ1) is 14.9. The second-order valence-electron chi connectivity index (χ2n) is 5.29. The van der Waals surface area contributed by atoms with E-state index in [1.807, 2.05) is 0 Å². The summed E-state index contributed by atoms with van der Waals surface area (Å²) in [6, 6.07) is 10.4. The SMILES string of the molecule is O=C(O)c1cc(O)cc(Oc2ccc(C(=O)N3CCC3)cc2)c1. The van der Waals surface area contributed by atoms with E-state index in [4.69, 9.17) is 9.84 Å². The summed E-state index contributed by atoms with van der Waals surface area (Å²) in [5, 5.41) is 18.5. The minimum absolute atomic E-state index is 0.00619. The highest BCUT2D eigenvalue weighted by atomic mass is 16.5. The van der Waals surface area contributed by atoms with E-state index in [1.54, 1.807) is 29.2 Å². The summed E-state index contributed by atoms with van der Waals surface area (Å²) in [6.45, 7) is 1.58. The largest absolute Gasteiger partial charge is 0.508 e. The van der Waals surface area contributed by atoms with Crippen molar-refractivity contribution < 1.29 is 24.5 Å². The second-order valence-corrected chi connectivity index (χ2v) is 5.29. The molecular formula is C17H15NO5. The molecule has 6 heteroatoms. The molecule has 23 heavy (non-hydrogen) atoms. The summed E-state index contributed by atoms with van der Waals surface area (Å²) < 4.78 is 5.54. The molecule has 0 spiro atoms. The van der Waals surface area contributed by atoms with Gasteiger partial charge in [-0.05, 0) is 42.8 Å². The predicted octanol–water partition coefficient (Wildman–Crippen LogP) is 2.73. The van der Waals surface area contributed by atoms with Crippen LogP contribution >= 0.6 is 0 Å². The van der Waals surface area contributed by atoms with Crippen LogP contribution < -0.4 is 4.74 Å². The van der Waals surface area contributed by atoms with E-state index in [9.17, 15) is 14.7 Å². The molecule has 0 aromatic heterocycles. The third-order valence-electron chi connectivity index (χ3n) is 3.62. The lowest BCUT2D eigenvalue weighted by Crippen LogP contribution is -2.41. The number of aromatic hydroxyl groups is 1. The molecule has 0 atom stereocenters. The fourth-order valence-corrected chi connectivity index (χ4v) is 2.27. The number of carboxylic acid groups (broad SMARTS) is 1. The van der Waals surface area contributed by atoms with Crippen LogP contribution in [0.5, 0.6) is 17.2 Å². The van der Waals surface area contributed by atoms with Gasteiger partial charge in [0.1, 0.15) is 17.2 Å². The maximum Gasteiger partial charge on any atom is 0.335 e. The zero-order valence-electron chi connectivity index (χ0n) is 12.2. The molecule has 2 aromatic carbocycles. The number of phenols is 1. The molecular weight excluding hydrogens is 298 g/mol. The van der Waals surface area contributed by atoms with Crippen molar-refractivity contribution in [3.05, 3.63) is 53.6 Å². The highest BCUT2D eigenvalue weighted by molar-refractivity contribution is 5.94. The molecule has 0 saturated carbocycles. The van der Waals surface area contributed by atoms with Crippen LogP contribution in [0.2, 0.25) is 0 Å². The van der Waals surface area contributed by atoms with Crippen molar-refractivity contribution in [3.63, 3.8) is 0 Å². The number of likely N-dealkylation sites (tertiary alicyclic amines) is 1. The van der Waals surface area contributed by atoms with Crippen LogP contribution in [0.4, 0.5) is 0 Å². The third kappa shape index (κ3) is 3.26. The van der Waals surface area contributed by atoms with Gasteiger partial charge in [0.15, 0.2) is 0 Å². The molecule has 0 unspecified atom stereocenters. The first-order chi connectivity index (χ1) is 11.0. The van der Waals surface area contributed by atoms with Crippen LogP contribution in [0.1, 0.15) is 27.1 Å². The summed E-state index contributed by atoms with van der Waals surface area (Å²) >= 11 is 0. The van der Waals surface area contributed by atoms with E-state index in [0.717, 1.165) is 25.6 Å². The standard InChI is InChI=1S/C17H15NO5/c19-13-8-12(17(21)22)9-15(10-13)23-14-4-2-11(3-5-14)16(20)18-6-1-7-18/h2-5,8-10,19H,1,6-7H2,(H,21,22). The molecule has 1 fully saturated rings. The van der Waals surface area contributed by atoms with Crippen LogP contribution in [-0.2, 0) is 0 Å². The van der Waals surface area contributed by atoms with Crippen molar-refractivity contribution in [2.24, 2.45) is 0 Å². The summed E-state index contributed by atoms with van der Waals surface area (Å²) in [5.41, 5.74) is 0.517. The third-order valence-corrected chi connectivity index (χ3v) is 3.62. The smallest absolute Gasteiger partial charge is 0.335 e. The van der Waals surface area contributed by atoms with Crippen molar-refractivity contribution in [1.29, 1.82) is 0 Å². The first-order valence-corrected chi connectivity index (χ1v) is 7.17. The molecule has 118 valence electrons. The number of hydrogen-bond donors (Lipinski definition) is 2. The number of nitrogens with zero attached hydrogens (tertiary/aromatic N) is 1. The van der Waals surface area contributed by atoms with E-state index < -0.39 is 5.97 Å². The molecule has 1 amide bonds. The molecule has 3 rings (SSSR count). The minimum Gasteiger partial charge on any atom is -0.508 e. The zero-order chi connectivity index (χ0) is 16.4. The molecule has 0 aliphatic carbocycles. The molecule has 2 N–H and O–H groups in total. The Morgan fingerprint density at radius 2 is 1.65 bits per heavy atom. The summed E-state index contributed by atoms with van der Waals surface area (Å²) in [7, 11) is 0. The quantitative estimate of drug-likeness (QED) is 0.906. The van der Waals surface area contributed by atoms with E-state index in [1.165, 1.54) is 12.1 Å². The zero-order valence-corrected chi connectivity index (χ0v) is 12.2. The van der Waals surface area contributed by atoms with Crippen molar-refractivity contribution in [2.75, 3.05) is 13.1 Å². The van der Waals surface area contributed by atoms with Gasteiger partial charge in [-0.3, -0.25) is 4.79 Å². The Bertz CT molecular complexity index is 750. The Morgan fingerprint density at radius 3 is 2.22 bits per heavy atom. The number of phenolic OH excluding ortho intramolecular Hbond substituents is 1. The lowest BCUT2D eigenvalue weighted by molar-refractivity contribution is 0.0650. The molecule has 1 saturated heterocycles. The lowest BCUT2D eigenvalue weighted by atomic mass is 10.1. The Morgan fingerprint density at radius 1 is 0.957 bits per heavy atom. The monoisotopic (exact) mass is 313 g/mol. The van der Waals surface area contributed by atoms with Crippen molar-refractivity contribution in [2.45, 2.75) is 6.42 Å². The van der Waals surface area contributed by atoms with Crippen molar-refractivity contribution >= 4 is 11.9 Å². The number of aromatic carboxylic acids is 1. The van der Waals surface area contributed by atoms with Crippen LogP contribution in [0.3, 0.4) is 0 Å². The van der Waals surface area contributed by atoms with Gasteiger partial charge in [-0.2, -0.15) is 0 Å². The molecule has 1 aliphatic heterocycles. The predicted molar refractivity (Wildman–Crippen MR) is 82.1 cm³/mol. The van der Waals surface area contributed by atoms with Gasteiger partial charge in [-0.1, -0.05) is 0 Å². The Balaban J connectivity index is 1.75.